The molecule has 9 nitrogen and oxygen atoms in total. The summed E-state index contributed by atoms with van der Waals surface area (Å²) < 4.78 is 6.73. The summed E-state index contributed by atoms with van der Waals surface area (Å²) in [7, 11) is 0. The van der Waals surface area contributed by atoms with Crippen molar-refractivity contribution in [1.29, 1.82) is 5.26 Å². The summed E-state index contributed by atoms with van der Waals surface area (Å²) in [5, 5.41) is 13.1. The van der Waals surface area contributed by atoms with E-state index in [9.17, 15) is 19.6 Å². The van der Waals surface area contributed by atoms with Gasteiger partial charge in [0.15, 0.2) is 6.73 Å². The van der Waals surface area contributed by atoms with E-state index in [0.717, 1.165) is 16.8 Å². The van der Waals surface area contributed by atoms with Gasteiger partial charge in [-0.05, 0) is 82.1 Å². The molecular formula is C36H37N5O4. The number of aryl methyl sites for hydroxylation is 1. The fourth-order valence-electron chi connectivity index (χ4n) is 4.80. The smallest absolute Gasteiger partial charge is 0.312 e. The number of nitrogens with zero attached hydrogens (tertiary/aromatic N) is 4. The number of fused-ring (bicyclic) bond motifs is 1. The molecule has 1 amide bonds. The minimum absolute atomic E-state index is 0.225. The maximum atomic E-state index is 13.4. The molecule has 1 unspecified atom stereocenters. The average molecular weight is 604 g/mol. The van der Waals surface area contributed by atoms with Gasteiger partial charge in [-0.2, -0.15) is 5.26 Å². The summed E-state index contributed by atoms with van der Waals surface area (Å²) in [5.41, 5.74) is 1.42. The number of hydrogen-bond donors (Lipinski definition) is 1. The van der Waals surface area contributed by atoms with Crippen LogP contribution in [0.1, 0.15) is 55.0 Å². The summed E-state index contributed by atoms with van der Waals surface area (Å²) in [5.74, 6) is 2.34. The lowest BCUT2D eigenvalue weighted by Crippen LogP contribution is -2.46. The van der Waals surface area contributed by atoms with Gasteiger partial charge in [0.05, 0.1) is 28.9 Å². The topological polar surface area (TPSA) is 117 Å². The first kappa shape index (κ1) is 32.5. The number of nitriles is 1. The molecule has 0 spiro atoms. The van der Waals surface area contributed by atoms with Gasteiger partial charge in [-0.1, -0.05) is 42.3 Å². The van der Waals surface area contributed by atoms with Crippen LogP contribution in [0.15, 0.2) is 77.6 Å². The molecule has 1 aromatic heterocycles. The standard InChI is InChI=1S/C36H37N5O4/c1-7-19-40(29-16-14-28(15-17-29)32(42)39-36(6,23-37)21-26-11-9-8-10-12-26)22-27-13-18-31-30(20-27)33(43)41(25(2)38-31)24-45-34(44)35(3,4)5/h1,8-18,20H,19,21-22,24H2,2-6H3,(H,39,42). The number of nitrogens with one attached hydrogen (secondary N) is 1. The monoisotopic (exact) mass is 603 g/mol. The predicted octanol–water partition coefficient (Wildman–Crippen LogP) is 5.15. The average Bonchev–Trinajstić information content (AvgIpc) is 3.01. The predicted molar refractivity (Wildman–Crippen MR) is 174 cm³/mol. The number of aromatic nitrogens is 2. The van der Waals surface area contributed by atoms with Crippen molar-refractivity contribution in [3.63, 3.8) is 0 Å². The maximum absolute atomic E-state index is 13.4. The number of hydrogen-bond acceptors (Lipinski definition) is 7. The molecule has 0 saturated carbocycles. The van der Waals surface area contributed by atoms with E-state index in [1.54, 1.807) is 71.0 Å². The van der Waals surface area contributed by atoms with E-state index < -0.39 is 16.9 Å². The van der Waals surface area contributed by atoms with Crippen LogP contribution < -0.4 is 15.8 Å². The van der Waals surface area contributed by atoms with Crippen molar-refractivity contribution in [2.24, 2.45) is 5.41 Å². The second kappa shape index (κ2) is 13.5. The molecule has 9 heteroatoms. The van der Waals surface area contributed by atoms with Crippen LogP contribution in [-0.4, -0.2) is 33.5 Å². The summed E-state index contributed by atoms with van der Waals surface area (Å²) >= 11 is 0. The Hall–Kier alpha value is -5.41. The lowest BCUT2D eigenvalue weighted by molar-refractivity contribution is -0.157. The molecule has 3 aromatic carbocycles. The van der Waals surface area contributed by atoms with Crippen molar-refractivity contribution in [3.05, 3.63) is 106 Å². The zero-order valence-electron chi connectivity index (χ0n) is 26.3. The number of amides is 1. The number of benzene rings is 3. The number of ether oxygens (including phenoxy) is 1. The van der Waals surface area contributed by atoms with Crippen molar-refractivity contribution in [3.8, 4) is 18.4 Å². The Bertz CT molecular complexity index is 1840. The molecule has 0 bridgehead atoms. The number of rotatable bonds is 10. The normalized spacial score (nSPS) is 12.4. The Labute approximate surface area is 263 Å². The van der Waals surface area contributed by atoms with Gasteiger partial charge >= 0.3 is 5.97 Å². The van der Waals surface area contributed by atoms with Gasteiger partial charge < -0.3 is 15.0 Å². The quantitative estimate of drug-likeness (QED) is 0.197. The lowest BCUT2D eigenvalue weighted by atomic mass is 9.94. The largest absolute Gasteiger partial charge is 0.443 e. The van der Waals surface area contributed by atoms with E-state index in [2.05, 4.69) is 22.3 Å². The molecule has 0 aliphatic rings. The number of anilines is 1. The Morgan fingerprint density at radius 1 is 1.02 bits per heavy atom. The van der Waals surface area contributed by atoms with Gasteiger partial charge in [-0.25, -0.2) is 4.98 Å². The van der Waals surface area contributed by atoms with Crippen LogP contribution >= 0.6 is 0 Å². The molecular weight excluding hydrogens is 566 g/mol. The Morgan fingerprint density at radius 3 is 2.33 bits per heavy atom. The summed E-state index contributed by atoms with van der Waals surface area (Å²) in [6.07, 6.45) is 6.07. The van der Waals surface area contributed by atoms with Crippen LogP contribution in [0.4, 0.5) is 5.69 Å². The Kier molecular flexibility index (Phi) is 9.74. The highest BCUT2D eigenvalue weighted by atomic mass is 16.5. The van der Waals surface area contributed by atoms with E-state index >= 15 is 0 Å². The maximum Gasteiger partial charge on any atom is 0.312 e. The second-order valence-corrected chi connectivity index (χ2v) is 12.2. The van der Waals surface area contributed by atoms with Crippen molar-refractivity contribution >= 4 is 28.5 Å². The molecule has 230 valence electrons. The Balaban J connectivity index is 1.52. The van der Waals surface area contributed by atoms with Gasteiger partial charge in [0.25, 0.3) is 11.5 Å². The fraction of sp³-hybridized carbons (Fsp3) is 0.306. The highest BCUT2D eigenvalue weighted by Crippen LogP contribution is 2.21. The summed E-state index contributed by atoms with van der Waals surface area (Å²) in [4.78, 5) is 45.2. The number of carbonyl (C=O) groups is 2. The fourth-order valence-corrected chi connectivity index (χ4v) is 4.80. The first-order valence-electron chi connectivity index (χ1n) is 14.6. The third-order valence-electron chi connectivity index (χ3n) is 7.33. The number of terminal acetylenes is 1. The first-order chi connectivity index (χ1) is 21.3. The van der Waals surface area contributed by atoms with E-state index in [4.69, 9.17) is 11.2 Å². The zero-order valence-corrected chi connectivity index (χ0v) is 26.3. The third kappa shape index (κ3) is 7.95. The van der Waals surface area contributed by atoms with Gasteiger partial charge in [-0.15, -0.1) is 6.42 Å². The van der Waals surface area contributed by atoms with Crippen molar-refractivity contribution in [2.75, 3.05) is 11.4 Å². The van der Waals surface area contributed by atoms with E-state index in [-0.39, 0.29) is 24.7 Å². The van der Waals surface area contributed by atoms with Crippen molar-refractivity contribution in [1.82, 2.24) is 14.9 Å². The molecule has 0 radical (unpaired) electrons. The number of carbonyl (C=O) groups excluding carboxylic acids is 2. The van der Waals surface area contributed by atoms with Gasteiger partial charge in [-0.3, -0.25) is 19.0 Å². The molecule has 45 heavy (non-hydrogen) atoms. The van der Waals surface area contributed by atoms with E-state index in [1.165, 1.54) is 4.57 Å². The molecule has 1 N–H and O–H groups in total. The zero-order chi connectivity index (χ0) is 32.8. The van der Waals surface area contributed by atoms with Crippen LogP contribution in [0.3, 0.4) is 0 Å². The SMILES string of the molecule is C#CCN(Cc1ccc2nc(C)n(COC(=O)C(C)(C)C)c(=O)c2c1)c1ccc(C(=O)NC(C)(C#N)Cc2ccccc2)cc1. The molecule has 1 heterocycles. The number of esters is 1. The second-order valence-electron chi connectivity index (χ2n) is 12.2. The molecule has 0 saturated heterocycles. The van der Waals surface area contributed by atoms with Gasteiger partial charge in [0, 0.05) is 24.2 Å². The molecule has 0 aliphatic carbocycles. The lowest BCUT2D eigenvalue weighted by Gasteiger charge is -2.25. The minimum atomic E-state index is -1.08. The van der Waals surface area contributed by atoms with Crippen LogP contribution in [0, 0.1) is 36.0 Å². The van der Waals surface area contributed by atoms with Crippen LogP contribution in [0.25, 0.3) is 10.9 Å². The van der Waals surface area contributed by atoms with Gasteiger partial charge in [0.2, 0.25) is 0 Å². The first-order valence-corrected chi connectivity index (χ1v) is 14.6. The van der Waals surface area contributed by atoms with Crippen molar-refractivity contribution in [2.45, 2.75) is 59.9 Å². The molecule has 0 aliphatic heterocycles. The highest BCUT2D eigenvalue weighted by molar-refractivity contribution is 5.95. The van der Waals surface area contributed by atoms with E-state index in [0.29, 0.717) is 35.3 Å². The highest BCUT2D eigenvalue weighted by Gasteiger charge is 2.27. The van der Waals surface area contributed by atoms with E-state index in [1.807, 2.05) is 41.3 Å². The minimum Gasteiger partial charge on any atom is -0.443 e. The summed E-state index contributed by atoms with van der Waals surface area (Å²) in [6.45, 7) is 9.09. The summed E-state index contributed by atoms with van der Waals surface area (Å²) in [6, 6.07) is 24.2. The third-order valence-corrected chi connectivity index (χ3v) is 7.33. The van der Waals surface area contributed by atoms with Crippen LogP contribution in [0.5, 0.6) is 0 Å². The molecule has 4 aromatic rings. The molecule has 0 fully saturated rings. The van der Waals surface area contributed by atoms with Crippen molar-refractivity contribution < 1.29 is 14.3 Å². The van der Waals surface area contributed by atoms with Gasteiger partial charge in [0.1, 0.15) is 11.4 Å². The molecule has 4 rings (SSSR count). The Morgan fingerprint density at radius 2 is 1.71 bits per heavy atom. The molecule has 1 atom stereocenters. The van der Waals surface area contributed by atoms with Crippen LogP contribution in [-0.2, 0) is 29.2 Å². The van der Waals surface area contributed by atoms with Crippen LogP contribution in [0.2, 0.25) is 0 Å².